The van der Waals surface area contributed by atoms with Crippen molar-refractivity contribution in [2.24, 2.45) is 0 Å². The third kappa shape index (κ3) is 4.73. The van der Waals surface area contributed by atoms with E-state index in [1.807, 2.05) is 12.1 Å². The van der Waals surface area contributed by atoms with Crippen molar-refractivity contribution < 1.29 is 4.42 Å². The van der Waals surface area contributed by atoms with Crippen molar-refractivity contribution in [3.63, 3.8) is 0 Å². The molecular weight excluding hydrogens is 599 g/mol. The first kappa shape index (κ1) is 27.5. The second kappa shape index (κ2) is 11.0. The molecule has 0 atom stereocenters. The summed E-state index contributed by atoms with van der Waals surface area (Å²) in [6, 6.07) is 57.1. The van der Waals surface area contributed by atoms with Crippen LogP contribution in [0.1, 0.15) is 0 Å². The molecule has 49 heavy (non-hydrogen) atoms. The lowest BCUT2D eigenvalue weighted by Crippen LogP contribution is -2.00. The number of rotatable bonds is 4. The van der Waals surface area contributed by atoms with Gasteiger partial charge in [-0.1, -0.05) is 127 Å². The lowest BCUT2D eigenvalue weighted by atomic mass is 9.97. The minimum Gasteiger partial charge on any atom is -0.456 e. The molecule has 8 aromatic carbocycles. The maximum absolute atomic E-state index is 6.30. The normalized spacial score (nSPS) is 11.7. The summed E-state index contributed by atoms with van der Waals surface area (Å²) < 4.78 is 6.30. The van der Waals surface area contributed by atoms with Crippen LogP contribution in [0.3, 0.4) is 0 Å². The highest BCUT2D eigenvalue weighted by Gasteiger charge is 2.16. The van der Waals surface area contributed by atoms with E-state index in [4.69, 9.17) is 19.4 Å². The Bertz CT molecular complexity index is 2880. The van der Waals surface area contributed by atoms with E-state index in [1.54, 1.807) is 0 Å². The van der Waals surface area contributed by atoms with E-state index in [1.165, 1.54) is 27.1 Å². The number of benzene rings is 8. The van der Waals surface area contributed by atoms with Crippen LogP contribution in [0.25, 0.3) is 99.5 Å². The number of furan rings is 1. The SMILES string of the molecule is c1ccc2cc(-c3nc(-c4ccc(-c5cccc6ccccc56)cc4)nc(-c4ccc5oc6cc7ccccc7cc6c5c4)n3)ccc2c1. The molecule has 0 spiro atoms. The van der Waals surface area contributed by atoms with Crippen molar-refractivity contribution in [1.82, 2.24) is 15.0 Å². The first-order valence-electron chi connectivity index (χ1n) is 16.4. The van der Waals surface area contributed by atoms with Gasteiger partial charge in [-0.25, -0.2) is 15.0 Å². The van der Waals surface area contributed by atoms with Crippen LogP contribution in [0.4, 0.5) is 0 Å². The zero-order valence-corrected chi connectivity index (χ0v) is 26.3. The van der Waals surface area contributed by atoms with Gasteiger partial charge in [0.05, 0.1) is 0 Å². The molecule has 0 aliphatic carbocycles. The summed E-state index contributed by atoms with van der Waals surface area (Å²) in [6.45, 7) is 0. The lowest BCUT2D eigenvalue weighted by molar-refractivity contribution is 0.669. The summed E-state index contributed by atoms with van der Waals surface area (Å²) in [5.41, 5.74) is 6.82. The molecule has 4 nitrogen and oxygen atoms in total. The van der Waals surface area contributed by atoms with Crippen LogP contribution in [0, 0.1) is 0 Å². The van der Waals surface area contributed by atoms with Gasteiger partial charge in [-0.3, -0.25) is 0 Å². The Balaban J connectivity index is 1.13. The predicted octanol–water partition coefficient (Wildman–Crippen LogP) is 11.9. The monoisotopic (exact) mass is 625 g/mol. The summed E-state index contributed by atoms with van der Waals surface area (Å²) in [4.78, 5) is 15.2. The second-order valence-corrected chi connectivity index (χ2v) is 12.5. The number of aromatic nitrogens is 3. The van der Waals surface area contributed by atoms with Crippen LogP contribution < -0.4 is 0 Å². The van der Waals surface area contributed by atoms with Gasteiger partial charge in [0.15, 0.2) is 17.5 Å². The fourth-order valence-corrected chi connectivity index (χ4v) is 6.97. The molecule has 0 radical (unpaired) electrons. The van der Waals surface area contributed by atoms with Crippen LogP contribution in [-0.4, -0.2) is 15.0 Å². The molecule has 4 heteroatoms. The average molecular weight is 626 g/mol. The molecule has 2 heterocycles. The van der Waals surface area contributed by atoms with Gasteiger partial charge in [-0.2, -0.15) is 0 Å². The molecule has 0 aliphatic heterocycles. The highest BCUT2D eigenvalue weighted by atomic mass is 16.3. The summed E-state index contributed by atoms with van der Waals surface area (Å²) in [6.07, 6.45) is 0. The molecule has 0 unspecified atom stereocenters. The molecule has 228 valence electrons. The minimum absolute atomic E-state index is 0.614. The quantitative estimate of drug-likeness (QED) is 0.195. The van der Waals surface area contributed by atoms with Gasteiger partial charge in [0.25, 0.3) is 0 Å². The van der Waals surface area contributed by atoms with Crippen LogP contribution in [-0.2, 0) is 0 Å². The zero-order valence-electron chi connectivity index (χ0n) is 26.3. The molecule has 0 N–H and O–H groups in total. The Hall–Kier alpha value is -6.65. The van der Waals surface area contributed by atoms with E-state index < -0.39 is 0 Å². The standard InChI is InChI=1S/C45H27N3O/c1-2-10-32-24-35(21-16-28(32)8-1)44-46-43(31-19-17-30(18-20-31)38-15-7-13-29-9-5-6-14-37(29)38)47-45(48-44)36-22-23-41-39(26-36)40-25-33-11-3-4-12-34(33)27-42(40)49-41/h1-27H. The number of nitrogens with zero attached hydrogens (tertiary/aromatic N) is 3. The maximum Gasteiger partial charge on any atom is 0.164 e. The Labute approximate surface area is 282 Å². The Kier molecular flexibility index (Phi) is 6.15. The first-order valence-corrected chi connectivity index (χ1v) is 16.4. The molecule has 10 aromatic rings. The highest BCUT2D eigenvalue weighted by molar-refractivity contribution is 6.11. The summed E-state index contributed by atoms with van der Waals surface area (Å²) >= 11 is 0. The number of hydrogen-bond donors (Lipinski definition) is 0. The van der Waals surface area contributed by atoms with Gasteiger partial charge in [0, 0.05) is 27.5 Å². The Morgan fingerprint density at radius 1 is 0.306 bits per heavy atom. The summed E-state index contributed by atoms with van der Waals surface area (Å²) in [5, 5.41) is 9.21. The summed E-state index contributed by atoms with van der Waals surface area (Å²) in [7, 11) is 0. The largest absolute Gasteiger partial charge is 0.456 e. The molecule has 0 amide bonds. The Morgan fingerprint density at radius 3 is 1.61 bits per heavy atom. The van der Waals surface area contributed by atoms with Gasteiger partial charge >= 0.3 is 0 Å². The van der Waals surface area contributed by atoms with Crippen molar-refractivity contribution in [2.75, 3.05) is 0 Å². The maximum atomic E-state index is 6.30. The molecule has 0 aliphatic rings. The van der Waals surface area contributed by atoms with Crippen LogP contribution >= 0.6 is 0 Å². The van der Waals surface area contributed by atoms with Crippen molar-refractivity contribution >= 4 is 54.3 Å². The van der Waals surface area contributed by atoms with Crippen LogP contribution in [0.15, 0.2) is 168 Å². The van der Waals surface area contributed by atoms with E-state index in [0.717, 1.165) is 55.0 Å². The topological polar surface area (TPSA) is 51.8 Å². The van der Waals surface area contributed by atoms with E-state index in [0.29, 0.717) is 17.5 Å². The summed E-state index contributed by atoms with van der Waals surface area (Å²) in [5.74, 6) is 1.87. The predicted molar refractivity (Wildman–Crippen MR) is 201 cm³/mol. The van der Waals surface area contributed by atoms with E-state index in [9.17, 15) is 0 Å². The molecule has 0 saturated heterocycles. The fraction of sp³-hybridized carbons (Fsp3) is 0. The smallest absolute Gasteiger partial charge is 0.164 e. The van der Waals surface area contributed by atoms with E-state index in [-0.39, 0.29) is 0 Å². The van der Waals surface area contributed by atoms with Crippen molar-refractivity contribution in [2.45, 2.75) is 0 Å². The molecule has 0 saturated carbocycles. The highest BCUT2D eigenvalue weighted by Crippen LogP contribution is 2.36. The molecular formula is C45H27N3O. The van der Waals surface area contributed by atoms with Gasteiger partial charge in [0.1, 0.15) is 11.2 Å². The molecule has 2 aromatic heterocycles. The van der Waals surface area contributed by atoms with Gasteiger partial charge in [-0.15, -0.1) is 0 Å². The van der Waals surface area contributed by atoms with Gasteiger partial charge in [0.2, 0.25) is 0 Å². The number of fused-ring (bicyclic) bond motifs is 6. The first-order chi connectivity index (χ1) is 24.2. The molecule has 0 bridgehead atoms. The van der Waals surface area contributed by atoms with Gasteiger partial charge < -0.3 is 4.42 Å². The lowest BCUT2D eigenvalue weighted by Gasteiger charge is -2.11. The van der Waals surface area contributed by atoms with E-state index in [2.05, 4.69) is 152 Å². The van der Waals surface area contributed by atoms with Crippen LogP contribution in [0.5, 0.6) is 0 Å². The number of hydrogen-bond acceptors (Lipinski definition) is 4. The van der Waals surface area contributed by atoms with Crippen molar-refractivity contribution in [1.29, 1.82) is 0 Å². The average Bonchev–Trinajstić information content (AvgIpc) is 3.53. The zero-order chi connectivity index (χ0) is 32.3. The van der Waals surface area contributed by atoms with Crippen LogP contribution in [0.2, 0.25) is 0 Å². The Morgan fingerprint density at radius 2 is 0.837 bits per heavy atom. The fourth-order valence-electron chi connectivity index (χ4n) is 6.97. The van der Waals surface area contributed by atoms with Crippen molar-refractivity contribution in [3.05, 3.63) is 164 Å². The molecule has 0 fully saturated rings. The minimum atomic E-state index is 0.614. The molecule has 10 rings (SSSR count). The third-order valence-electron chi connectivity index (χ3n) is 9.48. The van der Waals surface area contributed by atoms with Crippen molar-refractivity contribution in [3.8, 4) is 45.3 Å². The van der Waals surface area contributed by atoms with Gasteiger partial charge in [-0.05, 0) is 79.8 Å². The second-order valence-electron chi connectivity index (χ2n) is 12.5. The third-order valence-corrected chi connectivity index (χ3v) is 9.48. The van der Waals surface area contributed by atoms with E-state index >= 15 is 0 Å².